The first kappa shape index (κ1) is 10.5. The molecule has 2 aromatic rings. The first-order valence-electron chi connectivity index (χ1n) is 6.14. The molecule has 1 aromatic heterocycles. The number of hydrogen-bond acceptors (Lipinski definition) is 2. The zero-order valence-corrected chi connectivity index (χ0v) is 10.1. The number of imidazole rings is 1. The molecule has 2 heterocycles. The SMILES string of the molecule is Cc1ccc(-c2cn3c(n2)CCCC3N)cc1. The van der Waals surface area contributed by atoms with Crippen LogP contribution in [0.2, 0.25) is 0 Å². The number of hydrogen-bond donors (Lipinski definition) is 1. The van der Waals surface area contributed by atoms with Crippen LogP contribution in [0, 0.1) is 6.92 Å². The molecule has 1 aromatic carbocycles. The van der Waals surface area contributed by atoms with Crippen LogP contribution in [0.25, 0.3) is 11.3 Å². The summed E-state index contributed by atoms with van der Waals surface area (Å²) in [5.74, 6) is 1.12. The summed E-state index contributed by atoms with van der Waals surface area (Å²) in [6.07, 6.45) is 5.43. The monoisotopic (exact) mass is 227 g/mol. The maximum atomic E-state index is 6.08. The van der Waals surface area contributed by atoms with Gasteiger partial charge in [-0.05, 0) is 19.8 Å². The second-order valence-electron chi connectivity index (χ2n) is 4.78. The number of nitrogens with two attached hydrogens (primary N) is 1. The second kappa shape index (κ2) is 4.00. The van der Waals surface area contributed by atoms with Crippen LogP contribution in [-0.2, 0) is 6.42 Å². The average Bonchev–Trinajstić information content (AvgIpc) is 2.75. The minimum atomic E-state index is 0.102. The molecule has 2 N–H and O–H groups in total. The summed E-state index contributed by atoms with van der Waals surface area (Å²) in [4.78, 5) is 4.68. The van der Waals surface area contributed by atoms with Crippen LogP contribution in [0.5, 0.6) is 0 Å². The van der Waals surface area contributed by atoms with E-state index in [2.05, 4.69) is 46.9 Å². The van der Waals surface area contributed by atoms with Gasteiger partial charge in [0.05, 0.1) is 11.9 Å². The van der Waals surface area contributed by atoms with E-state index in [0.29, 0.717) is 0 Å². The molecule has 0 fully saturated rings. The van der Waals surface area contributed by atoms with Crippen molar-refractivity contribution in [2.24, 2.45) is 5.73 Å². The van der Waals surface area contributed by atoms with E-state index in [-0.39, 0.29) is 6.17 Å². The molecule has 0 saturated heterocycles. The Labute approximate surface area is 101 Å². The molecule has 0 bridgehead atoms. The van der Waals surface area contributed by atoms with Gasteiger partial charge in [0.1, 0.15) is 5.82 Å². The topological polar surface area (TPSA) is 43.8 Å². The fraction of sp³-hybridized carbons (Fsp3) is 0.357. The van der Waals surface area contributed by atoms with Crippen molar-refractivity contribution in [3.05, 3.63) is 41.9 Å². The molecule has 3 nitrogen and oxygen atoms in total. The molecule has 0 saturated carbocycles. The standard InChI is InChI=1S/C14H17N3/c1-10-5-7-11(8-6-10)12-9-17-13(15)3-2-4-14(17)16-12/h5-9,13H,2-4,15H2,1H3. The molecule has 1 aliphatic rings. The van der Waals surface area contributed by atoms with Crippen molar-refractivity contribution in [3.63, 3.8) is 0 Å². The maximum absolute atomic E-state index is 6.08. The highest BCUT2D eigenvalue weighted by Crippen LogP contribution is 2.26. The van der Waals surface area contributed by atoms with Crippen LogP contribution in [0.4, 0.5) is 0 Å². The van der Waals surface area contributed by atoms with Crippen LogP contribution in [0.15, 0.2) is 30.5 Å². The molecule has 0 radical (unpaired) electrons. The molecule has 17 heavy (non-hydrogen) atoms. The largest absolute Gasteiger partial charge is 0.318 e. The summed E-state index contributed by atoms with van der Waals surface area (Å²) < 4.78 is 2.12. The Bertz CT molecular complexity index is 525. The van der Waals surface area contributed by atoms with Crippen molar-refractivity contribution in [1.29, 1.82) is 0 Å². The molecule has 3 heteroatoms. The van der Waals surface area contributed by atoms with Gasteiger partial charge in [-0.3, -0.25) is 0 Å². The highest BCUT2D eigenvalue weighted by molar-refractivity contribution is 5.59. The molecule has 88 valence electrons. The van der Waals surface area contributed by atoms with Crippen LogP contribution in [0.1, 0.15) is 30.4 Å². The molecule has 0 spiro atoms. The Hall–Kier alpha value is -1.61. The Balaban J connectivity index is 2.02. The van der Waals surface area contributed by atoms with Crippen molar-refractivity contribution >= 4 is 0 Å². The van der Waals surface area contributed by atoms with Gasteiger partial charge in [-0.15, -0.1) is 0 Å². The summed E-state index contributed by atoms with van der Waals surface area (Å²) in [5, 5.41) is 0. The highest BCUT2D eigenvalue weighted by atomic mass is 15.2. The van der Waals surface area contributed by atoms with E-state index in [0.717, 1.165) is 30.8 Å². The molecule has 1 atom stereocenters. The minimum Gasteiger partial charge on any atom is -0.318 e. The third kappa shape index (κ3) is 1.87. The van der Waals surface area contributed by atoms with E-state index in [4.69, 9.17) is 5.73 Å². The minimum absolute atomic E-state index is 0.102. The Morgan fingerprint density at radius 2 is 2.06 bits per heavy atom. The zero-order valence-electron chi connectivity index (χ0n) is 10.1. The second-order valence-corrected chi connectivity index (χ2v) is 4.78. The number of fused-ring (bicyclic) bond motifs is 1. The van der Waals surface area contributed by atoms with Gasteiger partial charge < -0.3 is 10.3 Å². The predicted octanol–water partition coefficient (Wildman–Crippen LogP) is 2.65. The van der Waals surface area contributed by atoms with Gasteiger partial charge in [0.2, 0.25) is 0 Å². The molecule has 1 aliphatic heterocycles. The number of rotatable bonds is 1. The molecular weight excluding hydrogens is 210 g/mol. The molecular formula is C14H17N3. The summed E-state index contributed by atoms with van der Waals surface area (Å²) in [6.45, 7) is 2.10. The number of benzene rings is 1. The van der Waals surface area contributed by atoms with Gasteiger partial charge in [-0.1, -0.05) is 29.8 Å². The van der Waals surface area contributed by atoms with E-state index in [1.807, 2.05) is 0 Å². The summed E-state index contributed by atoms with van der Waals surface area (Å²) in [5.41, 5.74) is 9.57. The number of aromatic nitrogens is 2. The lowest BCUT2D eigenvalue weighted by Crippen LogP contribution is -2.24. The molecule has 0 aliphatic carbocycles. The van der Waals surface area contributed by atoms with E-state index in [9.17, 15) is 0 Å². The molecule has 1 unspecified atom stereocenters. The molecule has 0 amide bonds. The van der Waals surface area contributed by atoms with E-state index < -0.39 is 0 Å². The highest BCUT2D eigenvalue weighted by Gasteiger charge is 2.18. The van der Waals surface area contributed by atoms with Crippen LogP contribution in [-0.4, -0.2) is 9.55 Å². The number of aryl methyl sites for hydroxylation is 2. The fourth-order valence-electron chi connectivity index (χ4n) is 2.38. The lowest BCUT2D eigenvalue weighted by Gasteiger charge is -2.20. The van der Waals surface area contributed by atoms with Crippen LogP contribution < -0.4 is 5.73 Å². The molecule has 3 rings (SSSR count). The van der Waals surface area contributed by atoms with Crippen LogP contribution in [0.3, 0.4) is 0 Å². The van der Waals surface area contributed by atoms with Gasteiger partial charge in [-0.2, -0.15) is 0 Å². The summed E-state index contributed by atoms with van der Waals surface area (Å²) in [7, 11) is 0. The van der Waals surface area contributed by atoms with Gasteiger partial charge in [-0.25, -0.2) is 4.98 Å². The lowest BCUT2D eigenvalue weighted by atomic mass is 10.1. The van der Waals surface area contributed by atoms with Crippen molar-refractivity contribution in [3.8, 4) is 11.3 Å². The van der Waals surface area contributed by atoms with Gasteiger partial charge in [0.25, 0.3) is 0 Å². The van der Waals surface area contributed by atoms with Crippen molar-refractivity contribution in [1.82, 2.24) is 9.55 Å². The Morgan fingerprint density at radius 1 is 1.29 bits per heavy atom. The summed E-state index contributed by atoms with van der Waals surface area (Å²) >= 11 is 0. The Kier molecular flexibility index (Phi) is 2.48. The zero-order chi connectivity index (χ0) is 11.8. The number of nitrogens with zero attached hydrogens (tertiary/aromatic N) is 2. The normalized spacial score (nSPS) is 19.1. The third-order valence-corrected chi connectivity index (χ3v) is 3.41. The van der Waals surface area contributed by atoms with E-state index >= 15 is 0 Å². The van der Waals surface area contributed by atoms with E-state index in [1.54, 1.807) is 0 Å². The van der Waals surface area contributed by atoms with Gasteiger partial charge in [0, 0.05) is 18.2 Å². The maximum Gasteiger partial charge on any atom is 0.110 e. The van der Waals surface area contributed by atoms with Crippen molar-refractivity contribution < 1.29 is 0 Å². The Morgan fingerprint density at radius 3 is 2.76 bits per heavy atom. The van der Waals surface area contributed by atoms with Gasteiger partial charge >= 0.3 is 0 Å². The van der Waals surface area contributed by atoms with Crippen molar-refractivity contribution in [2.45, 2.75) is 32.4 Å². The fourth-order valence-corrected chi connectivity index (χ4v) is 2.38. The first-order chi connectivity index (χ1) is 8.24. The van der Waals surface area contributed by atoms with Crippen molar-refractivity contribution in [2.75, 3.05) is 0 Å². The predicted molar refractivity (Wildman–Crippen MR) is 68.6 cm³/mol. The first-order valence-corrected chi connectivity index (χ1v) is 6.14. The smallest absolute Gasteiger partial charge is 0.110 e. The van der Waals surface area contributed by atoms with Gasteiger partial charge in [0.15, 0.2) is 0 Å². The lowest BCUT2D eigenvalue weighted by molar-refractivity contribution is 0.408. The van der Waals surface area contributed by atoms with E-state index in [1.165, 1.54) is 11.1 Å². The van der Waals surface area contributed by atoms with Crippen LogP contribution >= 0.6 is 0 Å². The summed E-state index contributed by atoms with van der Waals surface area (Å²) in [6, 6.07) is 8.48. The third-order valence-electron chi connectivity index (χ3n) is 3.41. The average molecular weight is 227 g/mol. The quantitative estimate of drug-likeness (QED) is 0.814.